The Morgan fingerprint density at radius 3 is 2.48 bits per heavy atom. The molecule has 8 heteroatoms. The predicted octanol–water partition coefficient (Wildman–Crippen LogP) is 0.280. The van der Waals surface area contributed by atoms with Gasteiger partial charge in [0.2, 0.25) is 11.8 Å². The average molecular weight is 369 g/mol. The first-order chi connectivity index (χ1) is 11.4. The number of rotatable bonds is 5. The number of benzene rings is 1. The van der Waals surface area contributed by atoms with Gasteiger partial charge in [0.15, 0.2) is 0 Å². The van der Waals surface area contributed by atoms with E-state index in [1.54, 1.807) is 38.1 Å². The Morgan fingerprint density at radius 2 is 1.92 bits per heavy atom. The fraction of sp³-hybridized carbons (Fsp3) is 0.471. The number of hydrogen-bond acceptors (Lipinski definition) is 4. The minimum absolute atomic E-state index is 0. The maximum absolute atomic E-state index is 12.3. The number of halogens is 1. The molecule has 0 radical (unpaired) electrons. The molecule has 2 rings (SSSR count). The summed E-state index contributed by atoms with van der Waals surface area (Å²) < 4.78 is 0. The van der Waals surface area contributed by atoms with Gasteiger partial charge in [0.05, 0.1) is 6.54 Å². The van der Waals surface area contributed by atoms with Crippen molar-refractivity contribution in [2.45, 2.75) is 26.4 Å². The van der Waals surface area contributed by atoms with E-state index in [9.17, 15) is 14.4 Å². The smallest absolute Gasteiger partial charge is 0.254 e. The van der Waals surface area contributed by atoms with Crippen molar-refractivity contribution < 1.29 is 14.4 Å². The summed E-state index contributed by atoms with van der Waals surface area (Å²) in [6.07, 6.45) is 0. The van der Waals surface area contributed by atoms with Crippen molar-refractivity contribution in [3.05, 3.63) is 35.4 Å². The number of amides is 3. The first-order valence-electron chi connectivity index (χ1n) is 8.06. The molecule has 1 saturated heterocycles. The summed E-state index contributed by atoms with van der Waals surface area (Å²) >= 11 is 0. The Hall–Kier alpha value is -2.12. The summed E-state index contributed by atoms with van der Waals surface area (Å²) in [7, 11) is 0. The molecule has 138 valence electrons. The SMILES string of the molecule is CC(N)C(C)C(=O)NCc1ccc(C(=O)N2CCNC(=O)C2)cc1.Cl. The van der Waals surface area contributed by atoms with Gasteiger partial charge in [0, 0.05) is 37.2 Å². The third-order valence-electron chi connectivity index (χ3n) is 4.20. The lowest BCUT2D eigenvalue weighted by atomic mass is 10.0. The second-order valence-electron chi connectivity index (χ2n) is 6.14. The maximum Gasteiger partial charge on any atom is 0.254 e. The lowest BCUT2D eigenvalue weighted by Crippen LogP contribution is -2.49. The summed E-state index contributed by atoms with van der Waals surface area (Å²) in [6.45, 7) is 5.05. The molecule has 0 saturated carbocycles. The van der Waals surface area contributed by atoms with Gasteiger partial charge in [-0.3, -0.25) is 14.4 Å². The highest BCUT2D eigenvalue weighted by atomic mass is 35.5. The van der Waals surface area contributed by atoms with Crippen LogP contribution in [0.25, 0.3) is 0 Å². The molecule has 3 amide bonds. The largest absolute Gasteiger partial charge is 0.353 e. The zero-order valence-corrected chi connectivity index (χ0v) is 15.3. The average Bonchev–Trinajstić information content (AvgIpc) is 2.58. The highest BCUT2D eigenvalue weighted by Crippen LogP contribution is 2.09. The molecule has 25 heavy (non-hydrogen) atoms. The molecule has 0 aliphatic carbocycles. The Bertz CT molecular complexity index is 619. The van der Waals surface area contributed by atoms with E-state index in [0.29, 0.717) is 25.2 Å². The number of nitrogens with zero attached hydrogens (tertiary/aromatic N) is 1. The van der Waals surface area contributed by atoms with E-state index in [4.69, 9.17) is 5.73 Å². The molecule has 2 unspecified atom stereocenters. The summed E-state index contributed by atoms with van der Waals surface area (Å²) in [6, 6.07) is 6.82. The highest BCUT2D eigenvalue weighted by Gasteiger charge is 2.22. The molecule has 2 atom stereocenters. The van der Waals surface area contributed by atoms with Crippen molar-refractivity contribution in [2.75, 3.05) is 19.6 Å². The molecule has 0 spiro atoms. The molecule has 1 heterocycles. The number of carbonyl (C=O) groups is 3. The number of hydrogen-bond donors (Lipinski definition) is 3. The lowest BCUT2D eigenvalue weighted by molar-refractivity contribution is -0.125. The van der Waals surface area contributed by atoms with Crippen molar-refractivity contribution >= 4 is 30.1 Å². The monoisotopic (exact) mass is 368 g/mol. The number of nitrogens with two attached hydrogens (primary N) is 1. The topological polar surface area (TPSA) is 105 Å². The summed E-state index contributed by atoms with van der Waals surface area (Å²) in [5, 5.41) is 5.52. The minimum atomic E-state index is -0.254. The van der Waals surface area contributed by atoms with Crippen LogP contribution in [-0.4, -0.2) is 48.3 Å². The molecule has 7 nitrogen and oxygen atoms in total. The van der Waals surface area contributed by atoms with E-state index in [-0.39, 0.29) is 48.6 Å². The van der Waals surface area contributed by atoms with Gasteiger partial charge >= 0.3 is 0 Å². The maximum atomic E-state index is 12.3. The molecule has 1 aromatic carbocycles. The standard InChI is InChI=1S/C17H24N4O3.ClH/c1-11(12(2)18)16(23)20-9-13-3-5-14(6-4-13)17(24)21-8-7-19-15(22)10-21;/h3-6,11-12H,7-10,18H2,1-2H3,(H,19,22)(H,20,23);1H. The van der Waals surface area contributed by atoms with Crippen molar-refractivity contribution in [2.24, 2.45) is 11.7 Å². The van der Waals surface area contributed by atoms with Crippen LogP contribution in [-0.2, 0) is 16.1 Å². The number of nitrogens with one attached hydrogen (secondary N) is 2. The molecule has 1 fully saturated rings. The fourth-order valence-corrected chi connectivity index (χ4v) is 2.35. The molecule has 0 bridgehead atoms. The molecule has 4 N–H and O–H groups in total. The van der Waals surface area contributed by atoms with Crippen LogP contribution in [0.2, 0.25) is 0 Å². The molecular weight excluding hydrogens is 344 g/mol. The van der Waals surface area contributed by atoms with Crippen molar-refractivity contribution in [1.29, 1.82) is 0 Å². The third kappa shape index (κ3) is 5.72. The van der Waals surface area contributed by atoms with E-state index < -0.39 is 0 Å². The first-order valence-corrected chi connectivity index (χ1v) is 8.06. The second-order valence-corrected chi connectivity index (χ2v) is 6.14. The van der Waals surface area contributed by atoms with Crippen LogP contribution in [0.1, 0.15) is 29.8 Å². The van der Waals surface area contributed by atoms with Crippen molar-refractivity contribution in [3.8, 4) is 0 Å². The van der Waals surface area contributed by atoms with Gasteiger partial charge in [0.1, 0.15) is 0 Å². The van der Waals surface area contributed by atoms with Crippen LogP contribution >= 0.6 is 12.4 Å². The van der Waals surface area contributed by atoms with Crippen LogP contribution in [0.5, 0.6) is 0 Å². The Labute approximate surface area is 153 Å². The second kappa shape index (κ2) is 9.39. The van der Waals surface area contributed by atoms with Crippen molar-refractivity contribution in [1.82, 2.24) is 15.5 Å². The molecule has 1 aliphatic heterocycles. The third-order valence-corrected chi connectivity index (χ3v) is 4.20. The van der Waals surface area contributed by atoms with E-state index in [2.05, 4.69) is 10.6 Å². The summed E-state index contributed by atoms with van der Waals surface area (Å²) in [5.41, 5.74) is 7.14. The highest BCUT2D eigenvalue weighted by molar-refractivity contribution is 5.97. The zero-order valence-electron chi connectivity index (χ0n) is 14.5. The first kappa shape index (κ1) is 20.9. The Morgan fingerprint density at radius 1 is 1.28 bits per heavy atom. The van der Waals surface area contributed by atoms with Crippen LogP contribution in [0.15, 0.2) is 24.3 Å². The number of piperazine rings is 1. The van der Waals surface area contributed by atoms with Gasteiger partial charge in [-0.05, 0) is 24.6 Å². The van der Waals surface area contributed by atoms with Crippen LogP contribution in [0, 0.1) is 5.92 Å². The lowest BCUT2D eigenvalue weighted by Gasteiger charge is -2.26. The molecular formula is C17H25ClN4O3. The normalized spacial score (nSPS) is 16.3. The Kier molecular flexibility index (Phi) is 7.86. The van der Waals surface area contributed by atoms with Gasteiger partial charge < -0.3 is 21.3 Å². The van der Waals surface area contributed by atoms with E-state index in [0.717, 1.165) is 5.56 Å². The van der Waals surface area contributed by atoms with E-state index >= 15 is 0 Å². The number of carbonyl (C=O) groups excluding carboxylic acids is 3. The van der Waals surface area contributed by atoms with Crippen molar-refractivity contribution in [3.63, 3.8) is 0 Å². The van der Waals surface area contributed by atoms with Gasteiger partial charge in [-0.25, -0.2) is 0 Å². The summed E-state index contributed by atoms with van der Waals surface area (Å²) in [4.78, 5) is 37.1. The minimum Gasteiger partial charge on any atom is -0.353 e. The van der Waals surface area contributed by atoms with Gasteiger partial charge in [0.25, 0.3) is 5.91 Å². The zero-order chi connectivity index (χ0) is 17.7. The van der Waals surface area contributed by atoms with E-state index in [1.165, 1.54) is 4.90 Å². The van der Waals surface area contributed by atoms with Gasteiger partial charge in [-0.1, -0.05) is 19.1 Å². The van der Waals surface area contributed by atoms with E-state index in [1.807, 2.05) is 0 Å². The molecule has 1 aromatic rings. The molecule has 1 aliphatic rings. The van der Waals surface area contributed by atoms with Crippen LogP contribution < -0.4 is 16.4 Å². The van der Waals surface area contributed by atoms with Crippen LogP contribution in [0.3, 0.4) is 0 Å². The van der Waals surface area contributed by atoms with Crippen LogP contribution in [0.4, 0.5) is 0 Å². The summed E-state index contributed by atoms with van der Waals surface area (Å²) in [5.74, 6) is -0.649. The predicted molar refractivity (Wildman–Crippen MR) is 97.3 cm³/mol. The van der Waals surface area contributed by atoms with Gasteiger partial charge in [-0.2, -0.15) is 0 Å². The Balaban J connectivity index is 0.00000312. The van der Waals surface area contributed by atoms with Gasteiger partial charge in [-0.15, -0.1) is 12.4 Å². The molecule has 0 aromatic heterocycles. The fourth-order valence-electron chi connectivity index (χ4n) is 2.35. The quantitative estimate of drug-likeness (QED) is 0.694.